The highest BCUT2D eigenvalue weighted by Gasteiger charge is 2.19. The van der Waals surface area contributed by atoms with Crippen LogP contribution in [-0.4, -0.2) is 0 Å². The van der Waals surface area contributed by atoms with E-state index >= 15 is 0 Å². The lowest BCUT2D eigenvalue weighted by molar-refractivity contribution is 0.602. The van der Waals surface area contributed by atoms with Gasteiger partial charge in [-0.2, -0.15) is 0 Å². The smallest absolute Gasteiger partial charge is 0.0326 e. The van der Waals surface area contributed by atoms with Gasteiger partial charge in [0, 0.05) is 0 Å². The predicted octanol–water partition coefficient (Wildman–Crippen LogP) is 3.92. The van der Waals surface area contributed by atoms with Gasteiger partial charge >= 0.3 is 0 Å². The molecule has 0 aliphatic heterocycles. The molecule has 0 bridgehead atoms. The average molecular weight is 152 g/mol. The minimum absolute atomic E-state index is 1.12. The van der Waals surface area contributed by atoms with Gasteiger partial charge in [-0.05, 0) is 25.7 Å². The Morgan fingerprint density at radius 2 is 2.00 bits per heavy atom. The molecule has 0 radical (unpaired) electrons. The summed E-state index contributed by atoms with van der Waals surface area (Å²) in [4.78, 5) is 0. The molecule has 0 heterocycles. The molecule has 1 rings (SSSR count). The Kier molecular flexibility index (Phi) is 3.68. The lowest BCUT2D eigenvalue weighted by Crippen LogP contribution is -1.80. The molecule has 64 valence electrons. The van der Waals surface area contributed by atoms with E-state index in [0.717, 1.165) is 5.92 Å². The maximum absolute atomic E-state index is 3.90. The van der Waals surface area contributed by atoms with Gasteiger partial charge in [0.15, 0.2) is 0 Å². The van der Waals surface area contributed by atoms with Crippen molar-refractivity contribution < 1.29 is 0 Å². The lowest BCUT2D eigenvalue weighted by Gasteiger charge is -1.99. The van der Waals surface area contributed by atoms with Gasteiger partial charge in [-0.1, -0.05) is 37.7 Å². The Morgan fingerprint density at radius 1 is 1.27 bits per heavy atom. The summed E-state index contributed by atoms with van der Waals surface area (Å²) in [5.74, 6) is 1.12. The van der Waals surface area contributed by atoms with Crippen LogP contribution >= 0.6 is 0 Å². The summed E-state index contributed by atoms with van der Waals surface area (Å²) < 4.78 is 0. The number of allylic oxidation sites excluding steroid dienone is 1. The molecule has 1 saturated carbocycles. The standard InChI is InChI=1S/C11H20/c1-10(2)6-4-3-5-7-11-8-9-11/h11H,1,3-9H2,2H3. The van der Waals surface area contributed by atoms with Crippen molar-refractivity contribution in [1.29, 1.82) is 0 Å². The first-order valence-electron chi connectivity index (χ1n) is 4.93. The minimum Gasteiger partial charge on any atom is -0.100 e. The maximum Gasteiger partial charge on any atom is -0.0326 e. The van der Waals surface area contributed by atoms with Gasteiger partial charge < -0.3 is 0 Å². The van der Waals surface area contributed by atoms with E-state index in [-0.39, 0.29) is 0 Å². The molecule has 0 nitrogen and oxygen atoms in total. The molecular formula is C11H20. The number of hydrogen-bond donors (Lipinski definition) is 0. The van der Waals surface area contributed by atoms with Crippen molar-refractivity contribution in [3.63, 3.8) is 0 Å². The first kappa shape index (κ1) is 8.83. The van der Waals surface area contributed by atoms with Gasteiger partial charge in [-0.15, -0.1) is 6.58 Å². The van der Waals surface area contributed by atoms with Crippen molar-refractivity contribution >= 4 is 0 Å². The van der Waals surface area contributed by atoms with Crippen molar-refractivity contribution in [3.8, 4) is 0 Å². The van der Waals surface area contributed by atoms with E-state index in [1.807, 2.05) is 0 Å². The Morgan fingerprint density at radius 3 is 2.55 bits per heavy atom. The van der Waals surface area contributed by atoms with E-state index in [9.17, 15) is 0 Å². The van der Waals surface area contributed by atoms with Gasteiger partial charge in [0.1, 0.15) is 0 Å². The van der Waals surface area contributed by atoms with Crippen molar-refractivity contribution in [2.75, 3.05) is 0 Å². The molecule has 0 atom stereocenters. The van der Waals surface area contributed by atoms with Gasteiger partial charge in [0.25, 0.3) is 0 Å². The molecular weight excluding hydrogens is 132 g/mol. The molecule has 0 aromatic carbocycles. The Labute approximate surface area is 70.7 Å². The van der Waals surface area contributed by atoms with E-state index < -0.39 is 0 Å². The first-order chi connectivity index (χ1) is 5.29. The van der Waals surface area contributed by atoms with Gasteiger partial charge in [0.05, 0.1) is 0 Å². The quantitative estimate of drug-likeness (QED) is 0.399. The summed E-state index contributed by atoms with van der Waals surface area (Å²) in [5, 5.41) is 0. The van der Waals surface area contributed by atoms with Crippen LogP contribution in [0.15, 0.2) is 12.2 Å². The van der Waals surface area contributed by atoms with Gasteiger partial charge in [0.2, 0.25) is 0 Å². The molecule has 0 N–H and O–H groups in total. The summed E-state index contributed by atoms with van der Waals surface area (Å²) in [6.07, 6.45) is 10.0. The normalized spacial score (nSPS) is 16.8. The monoisotopic (exact) mass is 152 g/mol. The summed E-state index contributed by atoms with van der Waals surface area (Å²) in [6, 6.07) is 0. The molecule has 0 heteroatoms. The highest BCUT2D eigenvalue weighted by Crippen LogP contribution is 2.34. The SMILES string of the molecule is C=C(C)CCCCCC1CC1. The fraction of sp³-hybridized carbons (Fsp3) is 0.818. The van der Waals surface area contributed by atoms with Gasteiger partial charge in [-0.3, -0.25) is 0 Å². The van der Waals surface area contributed by atoms with Crippen molar-refractivity contribution in [2.24, 2.45) is 5.92 Å². The minimum atomic E-state index is 1.12. The van der Waals surface area contributed by atoms with E-state index in [4.69, 9.17) is 0 Å². The molecule has 11 heavy (non-hydrogen) atoms. The van der Waals surface area contributed by atoms with Crippen LogP contribution in [-0.2, 0) is 0 Å². The molecule has 1 aliphatic rings. The third kappa shape index (κ3) is 5.06. The molecule has 0 spiro atoms. The average Bonchev–Trinajstić information content (AvgIpc) is 2.70. The summed E-state index contributed by atoms with van der Waals surface area (Å²) in [7, 11) is 0. The van der Waals surface area contributed by atoms with Crippen molar-refractivity contribution in [2.45, 2.75) is 51.9 Å². The van der Waals surface area contributed by atoms with Crippen LogP contribution in [0.4, 0.5) is 0 Å². The second kappa shape index (κ2) is 4.58. The molecule has 1 aliphatic carbocycles. The lowest BCUT2D eigenvalue weighted by atomic mass is 10.1. The van der Waals surface area contributed by atoms with Crippen LogP contribution in [0.25, 0.3) is 0 Å². The molecule has 1 fully saturated rings. The Balaban J connectivity index is 1.76. The number of hydrogen-bond acceptors (Lipinski definition) is 0. The largest absolute Gasteiger partial charge is 0.100 e. The number of unbranched alkanes of at least 4 members (excludes halogenated alkanes) is 2. The van der Waals surface area contributed by atoms with Crippen LogP contribution in [0.3, 0.4) is 0 Å². The summed E-state index contributed by atoms with van der Waals surface area (Å²) in [6.45, 7) is 6.03. The molecule has 0 amide bonds. The Hall–Kier alpha value is -0.260. The summed E-state index contributed by atoms with van der Waals surface area (Å²) >= 11 is 0. The predicted molar refractivity (Wildman–Crippen MR) is 50.6 cm³/mol. The van der Waals surface area contributed by atoms with Crippen molar-refractivity contribution in [1.82, 2.24) is 0 Å². The molecule has 0 aromatic heterocycles. The maximum atomic E-state index is 3.90. The summed E-state index contributed by atoms with van der Waals surface area (Å²) in [5.41, 5.74) is 1.34. The zero-order valence-electron chi connectivity index (χ0n) is 7.73. The third-order valence-corrected chi connectivity index (χ3v) is 2.41. The second-order valence-corrected chi connectivity index (χ2v) is 4.00. The fourth-order valence-electron chi connectivity index (χ4n) is 1.44. The second-order valence-electron chi connectivity index (χ2n) is 4.00. The first-order valence-corrected chi connectivity index (χ1v) is 4.93. The van der Waals surface area contributed by atoms with E-state index in [2.05, 4.69) is 13.5 Å². The highest BCUT2D eigenvalue weighted by atomic mass is 14.2. The van der Waals surface area contributed by atoms with Crippen LogP contribution < -0.4 is 0 Å². The van der Waals surface area contributed by atoms with E-state index in [0.29, 0.717) is 0 Å². The fourth-order valence-corrected chi connectivity index (χ4v) is 1.44. The van der Waals surface area contributed by atoms with Gasteiger partial charge in [-0.25, -0.2) is 0 Å². The van der Waals surface area contributed by atoms with Crippen LogP contribution in [0, 0.1) is 5.92 Å². The molecule has 0 saturated heterocycles. The van der Waals surface area contributed by atoms with Crippen molar-refractivity contribution in [3.05, 3.63) is 12.2 Å². The molecule has 0 aromatic rings. The number of rotatable bonds is 6. The van der Waals surface area contributed by atoms with Crippen LogP contribution in [0.5, 0.6) is 0 Å². The molecule has 0 unspecified atom stereocenters. The van der Waals surface area contributed by atoms with Crippen LogP contribution in [0.2, 0.25) is 0 Å². The third-order valence-electron chi connectivity index (χ3n) is 2.41. The Bertz CT molecular complexity index is 120. The van der Waals surface area contributed by atoms with E-state index in [1.165, 1.54) is 50.5 Å². The zero-order chi connectivity index (χ0) is 8.10. The van der Waals surface area contributed by atoms with E-state index in [1.54, 1.807) is 0 Å². The topological polar surface area (TPSA) is 0 Å². The zero-order valence-corrected chi connectivity index (χ0v) is 7.73. The highest BCUT2D eigenvalue weighted by molar-refractivity contribution is 4.87. The van der Waals surface area contributed by atoms with Crippen LogP contribution in [0.1, 0.15) is 51.9 Å².